The second-order valence-electron chi connectivity index (χ2n) is 8.37. The molecule has 1 aromatic rings. The van der Waals surface area contributed by atoms with Crippen LogP contribution in [-0.2, 0) is 20.9 Å². The molecule has 2 amide bonds. The van der Waals surface area contributed by atoms with Crippen LogP contribution in [0.25, 0.3) is 0 Å². The topological polar surface area (TPSA) is 78.9 Å². The monoisotopic (exact) mass is 403 g/mol. The molecule has 1 aliphatic carbocycles. The molecule has 2 aliphatic rings. The maximum Gasteiger partial charge on any atom is 0.225 e. The van der Waals surface area contributed by atoms with Crippen molar-refractivity contribution in [1.82, 2.24) is 19.8 Å². The minimum absolute atomic E-state index is 0.0376. The van der Waals surface area contributed by atoms with Gasteiger partial charge in [0, 0.05) is 65.7 Å². The number of ether oxygens (including phenoxy) is 1. The van der Waals surface area contributed by atoms with E-state index in [1.54, 1.807) is 12.0 Å². The van der Waals surface area contributed by atoms with Gasteiger partial charge in [0.25, 0.3) is 0 Å². The molecule has 0 spiro atoms. The van der Waals surface area contributed by atoms with E-state index in [1.165, 1.54) is 0 Å². The van der Waals surface area contributed by atoms with E-state index in [0.717, 1.165) is 37.2 Å². The quantitative estimate of drug-likeness (QED) is 0.657. The Morgan fingerprint density at radius 2 is 1.97 bits per heavy atom. The van der Waals surface area contributed by atoms with Gasteiger partial charge in [0.1, 0.15) is 11.6 Å². The van der Waals surface area contributed by atoms with Crippen molar-refractivity contribution in [2.75, 3.05) is 52.8 Å². The van der Waals surface area contributed by atoms with Crippen LogP contribution < -0.4 is 4.90 Å². The van der Waals surface area contributed by atoms with Crippen molar-refractivity contribution in [1.29, 1.82) is 0 Å². The van der Waals surface area contributed by atoms with Gasteiger partial charge in [-0.05, 0) is 12.8 Å². The highest BCUT2D eigenvalue weighted by Gasteiger charge is 2.32. The lowest BCUT2D eigenvalue weighted by atomic mass is 10.0. The van der Waals surface area contributed by atoms with Crippen LogP contribution in [0, 0.1) is 5.92 Å². The maximum atomic E-state index is 12.7. The lowest BCUT2D eigenvalue weighted by Crippen LogP contribution is -2.32. The largest absolute Gasteiger partial charge is 0.383 e. The number of hydrogen-bond donors (Lipinski definition) is 0. The van der Waals surface area contributed by atoms with Crippen LogP contribution in [0.2, 0.25) is 0 Å². The standard InChI is InChI=1S/C21H33N5O3/c1-24(2)19-12-17(16-11-20(27)26(13-16)9-10-29-4)22-18(23-19)14-25(3)21(28)15-7-5-6-8-15/h12,15-16H,5-11,13-14H2,1-4H3. The molecule has 1 aromatic heterocycles. The summed E-state index contributed by atoms with van der Waals surface area (Å²) in [5.41, 5.74) is 0.869. The average molecular weight is 404 g/mol. The molecule has 1 saturated carbocycles. The SMILES string of the molecule is COCCN1CC(c2cc(N(C)C)nc(CN(C)C(=O)C3CCCC3)n2)CC1=O. The van der Waals surface area contributed by atoms with Crippen LogP contribution >= 0.6 is 0 Å². The first-order valence-corrected chi connectivity index (χ1v) is 10.5. The Balaban J connectivity index is 1.75. The van der Waals surface area contributed by atoms with Crippen LogP contribution in [0.5, 0.6) is 0 Å². The van der Waals surface area contributed by atoms with Crippen molar-refractivity contribution in [2.45, 2.75) is 44.6 Å². The predicted molar refractivity (Wildman–Crippen MR) is 111 cm³/mol. The second kappa shape index (κ2) is 9.52. The number of aromatic nitrogens is 2. The molecule has 0 N–H and O–H groups in total. The lowest BCUT2D eigenvalue weighted by molar-refractivity contribution is -0.134. The van der Waals surface area contributed by atoms with Gasteiger partial charge in [-0.15, -0.1) is 0 Å². The maximum absolute atomic E-state index is 12.7. The Hall–Kier alpha value is -2.22. The molecule has 3 rings (SSSR count). The van der Waals surface area contributed by atoms with Crippen molar-refractivity contribution in [2.24, 2.45) is 5.92 Å². The molecule has 1 saturated heterocycles. The van der Waals surface area contributed by atoms with E-state index in [-0.39, 0.29) is 23.7 Å². The van der Waals surface area contributed by atoms with Gasteiger partial charge in [0.05, 0.1) is 18.8 Å². The Labute approximate surface area is 173 Å². The van der Waals surface area contributed by atoms with Crippen LogP contribution in [0.4, 0.5) is 5.82 Å². The number of carbonyl (C=O) groups is 2. The fourth-order valence-corrected chi connectivity index (χ4v) is 4.17. The van der Waals surface area contributed by atoms with E-state index >= 15 is 0 Å². The van der Waals surface area contributed by atoms with Gasteiger partial charge in [0.2, 0.25) is 11.8 Å². The van der Waals surface area contributed by atoms with Crippen molar-refractivity contribution in [3.8, 4) is 0 Å². The van der Waals surface area contributed by atoms with Crippen LogP contribution in [0.15, 0.2) is 6.07 Å². The summed E-state index contributed by atoms with van der Waals surface area (Å²) < 4.78 is 5.11. The third-order valence-corrected chi connectivity index (χ3v) is 5.89. The van der Waals surface area contributed by atoms with E-state index in [1.807, 2.05) is 37.0 Å². The first-order chi connectivity index (χ1) is 13.9. The summed E-state index contributed by atoms with van der Waals surface area (Å²) in [7, 11) is 7.35. The number of rotatable bonds is 8. The molecule has 1 unspecified atom stereocenters. The summed E-state index contributed by atoms with van der Waals surface area (Å²) in [6.07, 6.45) is 4.68. The number of anilines is 1. The summed E-state index contributed by atoms with van der Waals surface area (Å²) in [6, 6.07) is 1.96. The highest BCUT2D eigenvalue weighted by atomic mass is 16.5. The highest BCUT2D eigenvalue weighted by molar-refractivity contribution is 5.80. The highest BCUT2D eigenvalue weighted by Crippen LogP contribution is 2.29. The molecule has 0 bridgehead atoms. The van der Waals surface area contributed by atoms with Crippen molar-refractivity contribution in [3.05, 3.63) is 17.6 Å². The smallest absolute Gasteiger partial charge is 0.225 e. The van der Waals surface area contributed by atoms with Crippen molar-refractivity contribution >= 4 is 17.6 Å². The van der Waals surface area contributed by atoms with Crippen molar-refractivity contribution in [3.63, 3.8) is 0 Å². The lowest BCUT2D eigenvalue weighted by Gasteiger charge is -2.22. The van der Waals surface area contributed by atoms with Crippen LogP contribution in [-0.4, -0.2) is 79.5 Å². The van der Waals surface area contributed by atoms with Crippen LogP contribution in [0.1, 0.15) is 49.5 Å². The zero-order valence-electron chi connectivity index (χ0n) is 18.1. The first kappa shape index (κ1) is 21.5. The van der Waals surface area contributed by atoms with Gasteiger partial charge < -0.3 is 19.4 Å². The van der Waals surface area contributed by atoms with Gasteiger partial charge in [0.15, 0.2) is 0 Å². The molecule has 1 atom stereocenters. The normalized spacial score (nSPS) is 19.8. The fourth-order valence-electron chi connectivity index (χ4n) is 4.17. The summed E-state index contributed by atoms with van der Waals surface area (Å²) in [6.45, 7) is 2.16. The summed E-state index contributed by atoms with van der Waals surface area (Å²) in [5, 5.41) is 0. The number of amides is 2. The van der Waals surface area contributed by atoms with Gasteiger partial charge >= 0.3 is 0 Å². The molecule has 29 heavy (non-hydrogen) atoms. The summed E-state index contributed by atoms with van der Waals surface area (Å²) in [5.74, 6) is 1.92. The molecular formula is C21H33N5O3. The third-order valence-electron chi connectivity index (χ3n) is 5.89. The zero-order chi connectivity index (χ0) is 21.0. The molecule has 0 radical (unpaired) electrons. The molecule has 0 aromatic carbocycles. The Morgan fingerprint density at radius 3 is 2.62 bits per heavy atom. The van der Waals surface area contributed by atoms with E-state index in [4.69, 9.17) is 9.72 Å². The molecule has 160 valence electrons. The number of likely N-dealkylation sites (tertiary alicyclic amines) is 1. The Morgan fingerprint density at radius 1 is 1.24 bits per heavy atom. The number of methoxy groups -OCH3 is 1. The van der Waals surface area contributed by atoms with Gasteiger partial charge in [-0.3, -0.25) is 9.59 Å². The summed E-state index contributed by atoms with van der Waals surface area (Å²) in [4.78, 5) is 40.0. The van der Waals surface area contributed by atoms with Gasteiger partial charge in [-0.1, -0.05) is 12.8 Å². The van der Waals surface area contributed by atoms with E-state index in [0.29, 0.717) is 38.5 Å². The Kier molecular flexibility index (Phi) is 7.05. The van der Waals surface area contributed by atoms with E-state index < -0.39 is 0 Å². The second-order valence-corrected chi connectivity index (χ2v) is 8.37. The Bertz CT molecular complexity index is 733. The molecule has 2 heterocycles. The number of carbonyl (C=O) groups excluding carboxylic acids is 2. The predicted octanol–water partition coefficient (Wildman–Crippen LogP) is 1.65. The van der Waals surface area contributed by atoms with Gasteiger partial charge in [-0.25, -0.2) is 9.97 Å². The molecule has 8 nitrogen and oxygen atoms in total. The van der Waals surface area contributed by atoms with E-state index in [9.17, 15) is 9.59 Å². The number of nitrogens with zero attached hydrogens (tertiary/aromatic N) is 5. The molecule has 2 fully saturated rings. The minimum atomic E-state index is 0.0376. The number of hydrogen-bond acceptors (Lipinski definition) is 6. The zero-order valence-corrected chi connectivity index (χ0v) is 18.1. The van der Waals surface area contributed by atoms with Crippen LogP contribution in [0.3, 0.4) is 0 Å². The van der Waals surface area contributed by atoms with Crippen molar-refractivity contribution < 1.29 is 14.3 Å². The fraction of sp³-hybridized carbons (Fsp3) is 0.714. The van der Waals surface area contributed by atoms with Gasteiger partial charge in [-0.2, -0.15) is 0 Å². The molecular weight excluding hydrogens is 370 g/mol. The minimum Gasteiger partial charge on any atom is -0.383 e. The average Bonchev–Trinajstić information content (AvgIpc) is 3.35. The third kappa shape index (κ3) is 5.23. The molecule has 8 heteroatoms. The van der Waals surface area contributed by atoms with E-state index in [2.05, 4.69) is 4.98 Å². The molecule has 1 aliphatic heterocycles. The first-order valence-electron chi connectivity index (χ1n) is 10.5. The summed E-state index contributed by atoms with van der Waals surface area (Å²) >= 11 is 0.